The molecule has 1 fully saturated rings. The van der Waals surface area contributed by atoms with Crippen molar-refractivity contribution in [2.45, 2.75) is 25.6 Å². The van der Waals surface area contributed by atoms with E-state index in [0.717, 1.165) is 9.58 Å². The van der Waals surface area contributed by atoms with E-state index in [-0.39, 0.29) is 36.0 Å². The van der Waals surface area contributed by atoms with Gasteiger partial charge in [0.1, 0.15) is 11.4 Å². The summed E-state index contributed by atoms with van der Waals surface area (Å²) < 4.78 is 79.6. The first kappa shape index (κ1) is 13.5. The van der Waals surface area contributed by atoms with Crippen LogP contribution in [0, 0.1) is 0 Å². The quantitative estimate of drug-likeness (QED) is 0.619. The number of rotatable bonds is 5. The van der Waals surface area contributed by atoms with Gasteiger partial charge in [0.2, 0.25) is 5.91 Å². The first-order valence-corrected chi connectivity index (χ1v) is 10.5. The van der Waals surface area contributed by atoms with Gasteiger partial charge in [-0.15, -0.1) is 0 Å². The van der Waals surface area contributed by atoms with Gasteiger partial charge in [0, 0.05) is 39.2 Å². The Hall–Kier alpha value is -4.14. The number of benzene rings is 2. The predicted molar refractivity (Wildman–Crippen MR) is 127 cm³/mol. The van der Waals surface area contributed by atoms with Crippen molar-refractivity contribution in [3.8, 4) is 11.4 Å². The van der Waals surface area contributed by atoms with Gasteiger partial charge in [0.25, 0.3) is 11.8 Å². The van der Waals surface area contributed by atoms with Crippen molar-refractivity contribution >= 4 is 29.1 Å². The molecule has 0 aliphatic carbocycles. The third kappa shape index (κ3) is 3.68. The van der Waals surface area contributed by atoms with Gasteiger partial charge < -0.3 is 20.3 Å². The van der Waals surface area contributed by atoms with Crippen molar-refractivity contribution in [3.05, 3.63) is 65.4 Å². The van der Waals surface area contributed by atoms with Gasteiger partial charge in [0.15, 0.2) is 5.69 Å². The number of amides is 3. The molecule has 0 saturated carbocycles. The molecule has 0 spiro atoms. The van der Waals surface area contributed by atoms with E-state index < -0.39 is 78.6 Å². The van der Waals surface area contributed by atoms with E-state index in [1.807, 2.05) is 0 Å². The number of hydrogen-bond donors (Lipinski definition) is 1. The molecule has 3 heterocycles. The normalized spacial score (nSPS) is 21.6. The SMILES string of the molecule is [2H]c1c([2H])c(N2CC([2H])([2H])c3c(C(N)=O)nn(-c4ccc(OC([2H])([2H])[2H])cc4)c3C2=O)c([2H])c([2H])c1N1CCCCC1=O. The summed E-state index contributed by atoms with van der Waals surface area (Å²) in [6, 6.07) is 2.72. The summed E-state index contributed by atoms with van der Waals surface area (Å²) in [6.45, 7) is -0.594. The summed E-state index contributed by atoms with van der Waals surface area (Å²) in [4.78, 5) is 40.8. The highest BCUT2D eigenvalue weighted by molar-refractivity contribution is 6.09. The number of carbonyl (C=O) groups is 3. The molecule has 1 saturated heterocycles. The molecule has 174 valence electrons. The standard InChI is InChI=1S/C25H25N5O4/c1-34-19-11-9-18(10-12-19)30-23-20(22(27-30)24(26)32)13-15-29(25(23)33)17-7-5-16(6-8-17)28-14-3-2-4-21(28)31/h5-12H,2-4,13-15H2,1H3,(H2,26,32)/i1D3,5D,6D,7D,8D,13D2. The molecule has 34 heavy (non-hydrogen) atoms. The van der Waals surface area contributed by atoms with Crippen molar-refractivity contribution in [1.82, 2.24) is 9.78 Å². The van der Waals surface area contributed by atoms with Crippen LogP contribution in [0.15, 0.2) is 48.4 Å². The second-order valence-electron chi connectivity index (χ2n) is 7.71. The van der Waals surface area contributed by atoms with Crippen molar-refractivity contribution in [2.24, 2.45) is 5.73 Å². The largest absolute Gasteiger partial charge is 0.497 e. The Kier molecular flexibility index (Phi) is 3.45. The van der Waals surface area contributed by atoms with Gasteiger partial charge in [0.05, 0.1) is 22.3 Å². The van der Waals surface area contributed by atoms with E-state index >= 15 is 0 Å². The van der Waals surface area contributed by atoms with Crippen LogP contribution < -0.4 is 20.3 Å². The topological polar surface area (TPSA) is 111 Å². The van der Waals surface area contributed by atoms with Gasteiger partial charge in [-0.2, -0.15) is 5.10 Å². The minimum atomic E-state index is -2.73. The van der Waals surface area contributed by atoms with Gasteiger partial charge >= 0.3 is 0 Å². The van der Waals surface area contributed by atoms with Crippen molar-refractivity contribution in [2.75, 3.05) is 29.9 Å². The van der Waals surface area contributed by atoms with E-state index in [2.05, 4.69) is 5.10 Å². The Morgan fingerprint density at radius 2 is 1.76 bits per heavy atom. The number of aromatic nitrogens is 2. The summed E-state index contributed by atoms with van der Waals surface area (Å²) in [5.74, 6) is -2.51. The monoisotopic (exact) mass is 468 g/mol. The number of primary amides is 1. The Labute approximate surface area is 209 Å². The second kappa shape index (κ2) is 8.66. The lowest BCUT2D eigenvalue weighted by Crippen LogP contribution is -2.39. The molecular formula is C25H25N5O4. The highest BCUT2D eigenvalue weighted by Gasteiger charge is 2.34. The lowest BCUT2D eigenvalue weighted by Gasteiger charge is -2.29. The number of carbonyl (C=O) groups excluding carboxylic acids is 3. The number of nitrogens with two attached hydrogens (primary N) is 1. The third-order valence-electron chi connectivity index (χ3n) is 5.64. The maximum absolute atomic E-state index is 14.0. The molecule has 0 unspecified atom stereocenters. The molecule has 9 heteroatoms. The first-order valence-electron chi connectivity index (χ1n) is 15.0. The van der Waals surface area contributed by atoms with E-state index in [9.17, 15) is 14.4 Å². The fraction of sp³-hybridized carbons (Fsp3) is 0.280. The Balaban J connectivity index is 1.66. The molecule has 3 aromatic rings. The average molecular weight is 469 g/mol. The first-order chi connectivity index (χ1) is 20.0. The molecule has 0 radical (unpaired) electrons. The second-order valence-corrected chi connectivity index (χ2v) is 7.71. The van der Waals surface area contributed by atoms with Crippen LogP contribution in [0.5, 0.6) is 5.75 Å². The van der Waals surface area contributed by atoms with Crippen molar-refractivity contribution < 1.29 is 31.5 Å². The van der Waals surface area contributed by atoms with E-state index in [0.29, 0.717) is 12.8 Å². The van der Waals surface area contributed by atoms with Gasteiger partial charge in [-0.25, -0.2) is 4.68 Å². The summed E-state index contributed by atoms with van der Waals surface area (Å²) in [5.41, 5.74) is 3.44. The van der Waals surface area contributed by atoms with Crippen LogP contribution in [0.4, 0.5) is 11.4 Å². The maximum atomic E-state index is 14.0. The smallest absolute Gasteiger partial charge is 0.277 e. The molecule has 2 N–H and O–H groups in total. The summed E-state index contributed by atoms with van der Waals surface area (Å²) in [6.07, 6.45) is -1.08. The van der Waals surface area contributed by atoms with E-state index in [1.165, 1.54) is 29.2 Å². The fourth-order valence-electron chi connectivity index (χ4n) is 3.95. The average Bonchev–Trinajstić information content (AvgIpc) is 3.34. The lowest BCUT2D eigenvalue weighted by atomic mass is 10.0. The fourth-order valence-corrected chi connectivity index (χ4v) is 3.95. The molecule has 9 nitrogen and oxygen atoms in total. The minimum Gasteiger partial charge on any atom is -0.497 e. The molecule has 2 aliphatic heterocycles. The van der Waals surface area contributed by atoms with E-state index in [1.54, 1.807) is 0 Å². The van der Waals surface area contributed by atoms with Crippen LogP contribution in [0.2, 0.25) is 0 Å². The van der Waals surface area contributed by atoms with Crippen LogP contribution in [0.3, 0.4) is 0 Å². The Morgan fingerprint density at radius 1 is 1.06 bits per heavy atom. The zero-order chi connectivity index (χ0) is 31.6. The zero-order valence-electron chi connectivity index (χ0n) is 26.8. The van der Waals surface area contributed by atoms with E-state index in [4.69, 9.17) is 22.8 Å². The maximum Gasteiger partial charge on any atom is 0.277 e. The summed E-state index contributed by atoms with van der Waals surface area (Å²) in [5, 5.41) is 4.09. The molecule has 5 rings (SSSR count). The van der Waals surface area contributed by atoms with Crippen molar-refractivity contribution in [1.29, 1.82) is 0 Å². The van der Waals surface area contributed by atoms with Gasteiger partial charge in [-0.1, -0.05) is 0 Å². The Morgan fingerprint density at radius 3 is 2.41 bits per heavy atom. The molecule has 2 aromatic carbocycles. The molecule has 1 aromatic heterocycles. The number of ether oxygens (including phenoxy) is 1. The van der Waals surface area contributed by atoms with Crippen molar-refractivity contribution in [3.63, 3.8) is 0 Å². The number of anilines is 2. The zero-order valence-corrected chi connectivity index (χ0v) is 17.8. The van der Waals surface area contributed by atoms with Crippen LogP contribution in [-0.2, 0) is 11.2 Å². The Bertz CT molecular complexity index is 1640. The highest BCUT2D eigenvalue weighted by atomic mass is 16.5. The molecule has 0 bridgehead atoms. The van der Waals surface area contributed by atoms with Crippen LogP contribution >= 0.6 is 0 Å². The molecule has 0 atom stereocenters. The van der Waals surface area contributed by atoms with Gasteiger partial charge in [-0.3, -0.25) is 14.4 Å². The third-order valence-corrected chi connectivity index (χ3v) is 5.64. The summed E-state index contributed by atoms with van der Waals surface area (Å²) >= 11 is 0. The lowest BCUT2D eigenvalue weighted by molar-refractivity contribution is -0.119. The number of fused-ring (bicyclic) bond motifs is 1. The van der Waals surface area contributed by atoms with Crippen LogP contribution in [-0.4, -0.2) is 47.6 Å². The predicted octanol–water partition coefficient (Wildman–Crippen LogP) is 2.70. The van der Waals surface area contributed by atoms with Gasteiger partial charge in [-0.05, 0) is 67.6 Å². The number of nitrogens with zero attached hydrogens (tertiary/aromatic N) is 4. The number of methoxy groups -OCH3 is 1. The molecular weight excluding hydrogens is 434 g/mol. The van der Waals surface area contributed by atoms with Crippen LogP contribution in [0.25, 0.3) is 5.69 Å². The highest BCUT2D eigenvalue weighted by Crippen LogP contribution is 2.31. The van der Waals surface area contributed by atoms with Crippen LogP contribution in [0.1, 0.15) is 58.1 Å². The number of piperidine rings is 1. The minimum absolute atomic E-state index is 0.0425. The molecule has 3 amide bonds. The molecule has 2 aliphatic rings. The summed E-state index contributed by atoms with van der Waals surface area (Å²) in [7, 11) is -2.73. The number of hydrogen-bond acceptors (Lipinski definition) is 5.